The molecule has 1 saturated heterocycles. The predicted molar refractivity (Wildman–Crippen MR) is 77.0 cm³/mol. The van der Waals surface area contributed by atoms with Gasteiger partial charge in [-0.2, -0.15) is 11.8 Å². The molecule has 1 aromatic carbocycles. The van der Waals surface area contributed by atoms with E-state index >= 15 is 0 Å². The van der Waals surface area contributed by atoms with Crippen LogP contribution in [-0.4, -0.2) is 35.7 Å². The number of amides is 3. The molecular weight excluding hydrogens is 260 g/mol. The Morgan fingerprint density at radius 2 is 2.05 bits per heavy atom. The number of hydrogen-bond acceptors (Lipinski definition) is 3. The zero-order valence-electron chi connectivity index (χ0n) is 11.0. The van der Waals surface area contributed by atoms with Crippen LogP contribution in [0.15, 0.2) is 30.3 Å². The molecule has 1 N–H and O–H groups in total. The number of carbonyl (C=O) groups excluding carboxylic acids is 2. The van der Waals surface area contributed by atoms with Crippen LogP contribution in [0.2, 0.25) is 0 Å². The Morgan fingerprint density at radius 3 is 2.63 bits per heavy atom. The van der Waals surface area contributed by atoms with Crippen molar-refractivity contribution in [1.29, 1.82) is 0 Å². The summed E-state index contributed by atoms with van der Waals surface area (Å²) in [4.78, 5) is 24.1. The lowest BCUT2D eigenvalue weighted by molar-refractivity contribution is -0.124. The van der Waals surface area contributed by atoms with Gasteiger partial charge >= 0.3 is 6.03 Å². The summed E-state index contributed by atoms with van der Waals surface area (Å²) in [6.45, 7) is 2.77. The van der Waals surface area contributed by atoms with Crippen molar-refractivity contribution in [2.24, 2.45) is 0 Å². The Kier molecular flexibility index (Phi) is 4.85. The monoisotopic (exact) mass is 278 g/mol. The summed E-state index contributed by atoms with van der Waals surface area (Å²) in [6, 6.07) is 10.1. The topological polar surface area (TPSA) is 49.4 Å². The molecule has 1 unspecified atom stereocenters. The second-order valence-corrected chi connectivity index (χ2v) is 5.69. The van der Waals surface area contributed by atoms with Crippen LogP contribution >= 0.6 is 11.8 Å². The van der Waals surface area contributed by atoms with Crippen LogP contribution in [0.5, 0.6) is 0 Å². The highest BCUT2D eigenvalue weighted by atomic mass is 32.2. The second-order valence-electron chi connectivity index (χ2n) is 4.38. The Labute approximate surface area is 117 Å². The molecule has 5 heteroatoms. The highest BCUT2D eigenvalue weighted by Gasteiger charge is 2.27. The normalized spacial score (nSPS) is 16.6. The smallest absolute Gasteiger partial charge is 0.324 e. The summed E-state index contributed by atoms with van der Waals surface area (Å²) in [5, 5.41) is 2.95. The molecule has 102 valence electrons. The van der Waals surface area contributed by atoms with Gasteiger partial charge in [-0.15, -0.1) is 0 Å². The van der Waals surface area contributed by atoms with Crippen LogP contribution in [0.3, 0.4) is 0 Å². The maximum absolute atomic E-state index is 11.4. The molecule has 1 aliphatic heterocycles. The largest absolute Gasteiger partial charge is 0.329 e. The van der Waals surface area contributed by atoms with Gasteiger partial charge < -0.3 is 5.32 Å². The lowest BCUT2D eigenvalue weighted by Crippen LogP contribution is -2.33. The number of hydrogen-bond donors (Lipinski definition) is 1. The van der Waals surface area contributed by atoms with Gasteiger partial charge in [0.2, 0.25) is 5.91 Å². The van der Waals surface area contributed by atoms with Crippen molar-refractivity contribution in [2.45, 2.75) is 18.6 Å². The van der Waals surface area contributed by atoms with E-state index in [1.54, 1.807) is 11.8 Å². The van der Waals surface area contributed by atoms with E-state index in [0.29, 0.717) is 11.8 Å². The van der Waals surface area contributed by atoms with Crippen molar-refractivity contribution < 1.29 is 9.59 Å². The highest BCUT2D eigenvalue weighted by Crippen LogP contribution is 2.31. The number of carbonyl (C=O) groups is 2. The molecule has 1 fully saturated rings. The van der Waals surface area contributed by atoms with Crippen LogP contribution in [0, 0.1) is 0 Å². The number of nitrogens with zero attached hydrogens (tertiary/aromatic N) is 1. The third kappa shape index (κ3) is 3.50. The summed E-state index contributed by atoms with van der Waals surface area (Å²) in [5.74, 6) is 0.644. The van der Waals surface area contributed by atoms with Crippen molar-refractivity contribution in [1.82, 2.24) is 10.2 Å². The number of benzene rings is 1. The molecule has 1 heterocycles. The summed E-state index contributed by atoms with van der Waals surface area (Å²) in [7, 11) is 0. The van der Waals surface area contributed by atoms with Crippen LogP contribution in [0.4, 0.5) is 4.79 Å². The zero-order valence-corrected chi connectivity index (χ0v) is 11.8. The van der Waals surface area contributed by atoms with Crippen LogP contribution in [0.1, 0.15) is 24.2 Å². The molecule has 0 spiro atoms. The maximum atomic E-state index is 11.4. The lowest BCUT2D eigenvalue weighted by Gasteiger charge is -2.17. The minimum Gasteiger partial charge on any atom is -0.329 e. The minimum absolute atomic E-state index is 0.127. The highest BCUT2D eigenvalue weighted by molar-refractivity contribution is 7.99. The van der Waals surface area contributed by atoms with Gasteiger partial charge in [0.25, 0.3) is 0 Å². The van der Waals surface area contributed by atoms with Crippen molar-refractivity contribution in [3.63, 3.8) is 0 Å². The Hall–Kier alpha value is -1.49. The maximum Gasteiger partial charge on any atom is 0.324 e. The molecule has 1 aliphatic rings. The van der Waals surface area contributed by atoms with E-state index in [4.69, 9.17) is 0 Å². The van der Waals surface area contributed by atoms with Crippen LogP contribution in [0.25, 0.3) is 0 Å². The van der Waals surface area contributed by atoms with Crippen molar-refractivity contribution in [3.05, 3.63) is 35.9 Å². The Morgan fingerprint density at radius 1 is 1.32 bits per heavy atom. The fourth-order valence-electron chi connectivity index (χ4n) is 2.09. The molecule has 0 radical (unpaired) electrons. The van der Waals surface area contributed by atoms with E-state index in [0.717, 1.165) is 12.2 Å². The predicted octanol–water partition coefficient (Wildman–Crippen LogP) is 2.42. The number of rotatable bonds is 6. The molecule has 19 heavy (non-hydrogen) atoms. The summed E-state index contributed by atoms with van der Waals surface area (Å²) < 4.78 is 0. The van der Waals surface area contributed by atoms with Gasteiger partial charge in [-0.1, -0.05) is 37.3 Å². The quantitative estimate of drug-likeness (QED) is 0.813. The number of imide groups is 1. The minimum atomic E-state index is -0.265. The van der Waals surface area contributed by atoms with Gasteiger partial charge in [0.05, 0.1) is 6.54 Å². The second kappa shape index (κ2) is 6.61. The molecule has 4 nitrogen and oxygen atoms in total. The first kappa shape index (κ1) is 13.9. The molecule has 0 saturated carbocycles. The van der Waals surface area contributed by atoms with E-state index in [1.807, 2.05) is 18.2 Å². The first-order valence-electron chi connectivity index (χ1n) is 6.47. The van der Waals surface area contributed by atoms with Gasteiger partial charge in [-0.25, -0.2) is 4.79 Å². The molecule has 3 amide bonds. The van der Waals surface area contributed by atoms with Crippen molar-refractivity contribution in [2.75, 3.05) is 18.8 Å². The van der Waals surface area contributed by atoms with Crippen molar-refractivity contribution in [3.8, 4) is 0 Å². The number of nitrogens with one attached hydrogen (secondary N) is 1. The third-order valence-corrected chi connectivity index (χ3v) is 4.54. The summed E-state index contributed by atoms with van der Waals surface area (Å²) in [5.41, 5.74) is 1.30. The van der Waals surface area contributed by atoms with Gasteiger partial charge in [0, 0.05) is 17.5 Å². The van der Waals surface area contributed by atoms with Gasteiger partial charge in [-0.3, -0.25) is 9.69 Å². The average Bonchev–Trinajstić information content (AvgIpc) is 2.76. The van der Waals surface area contributed by atoms with E-state index in [2.05, 4.69) is 24.4 Å². The molecule has 0 aliphatic carbocycles. The van der Waals surface area contributed by atoms with Gasteiger partial charge in [-0.05, 0) is 12.0 Å². The van der Waals surface area contributed by atoms with E-state index < -0.39 is 0 Å². The first-order valence-corrected chi connectivity index (χ1v) is 7.52. The molecule has 0 aromatic heterocycles. The molecule has 1 aromatic rings. The SMILES string of the molecule is CCC(SCCN1C(=O)CNC1=O)c1ccccc1. The molecule has 1 atom stereocenters. The molecular formula is C14H18N2O2S. The molecule has 0 bridgehead atoms. The summed E-state index contributed by atoms with van der Waals surface area (Å²) >= 11 is 1.79. The van der Waals surface area contributed by atoms with Crippen LogP contribution in [-0.2, 0) is 4.79 Å². The zero-order chi connectivity index (χ0) is 13.7. The van der Waals surface area contributed by atoms with Gasteiger partial charge in [0.15, 0.2) is 0 Å². The van der Waals surface area contributed by atoms with E-state index in [-0.39, 0.29) is 18.5 Å². The Balaban J connectivity index is 1.84. The summed E-state index contributed by atoms with van der Waals surface area (Å²) in [6.07, 6.45) is 1.04. The number of urea groups is 1. The fourth-order valence-corrected chi connectivity index (χ4v) is 3.24. The molecule has 2 rings (SSSR count). The third-order valence-electron chi connectivity index (χ3n) is 3.11. The average molecular weight is 278 g/mol. The van der Waals surface area contributed by atoms with E-state index in [1.165, 1.54) is 10.5 Å². The van der Waals surface area contributed by atoms with Gasteiger partial charge in [0.1, 0.15) is 0 Å². The standard InChI is InChI=1S/C14H18N2O2S/c1-2-12(11-6-4-3-5-7-11)19-9-8-16-13(17)10-15-14(16)18/h3-7,12H,2,8-10H2,1H3,(H,15,18). The Bertz CT molecular complexity index is 434. The van der Waals surface area contributed by atoms with Crippen LogP contribution < -0.4 is 5.32 Å². The van der Waals surface area contributed by atoms with Crippen molar-refractivity contribution >= 4 is 23.7 Å². The lowest BCUT2D eigenvalue weighted by atomic mass is 10.1. The fraction of sp³-hybridized carbons (Fsp3) is 0.429. The van der Waals surface area contributed by atoms with E-state index in [9.17, 15) is 9.59 Å². The number of thioether (sulfide) groups is 1. The first-order chi connectivity index (χ1) is 9.22.